The summed E-state index contributed by atoms with van der Waals surface area (Å²) in [6.45, 7) is 7.20. The molecule has 6 nitrogen and oxygen atoms in total. The van der Waals surface area contributed by atoms with E-state index in [0.717, 1.165) is 19.0 Å². The van der Waals surface area contributed by atoms with Gasteiger partial charge in [-0.1, -0.05) is 31.2 Å². The number of hydrogen-bond donors (Lipinski definition) is 0. The number of nitrogens with zero attached hydrogens (tertiary/aromatic N) is 5. The van der Waals surface area contributed by atoms with Crippen molar-refractivity contribution in [2.75, 3.05) is 13.1 Å². The van der Waals surface area contributed by atoms with Gasteiger partial charge in [-0.3, -0.25) is 18.9 Å². The minimum atomic E-state index is -0.0652. The molecule has 0 unspecified atom stereocenters. The Morgan fingerprint density at radius 2 is 1.96 bits per heavy atom. The van der Waals surface area contributed by atoms with E-state index in [0.29, 0.717) is 17.6 Å². The van der Waals surface area contributed by atoms with Crippen molar-refractivity contribution in [3.05, 3.63) is 58.3 Å². The molecule has 1 atom stereocenters. The molecule has 0 amide bonds. The van der Waals surface area contributed by atoms with Gasteiger partial charge in [0.1, 0.15) is 5.52 Å². The van der Waals surface area contributed by atoms with E-state index in [1.165, 1.54) is 24.0 Å². The largest absolute Gasteiger partial charge is 0.295 e. The average Bonchev–Trinajstić information content (AvgIpc) is 3.04. The molecule has 1 aliphatic heterocycles. The SMILES string of the molecule is Cc1ccccc1[C@@H](Cn1cnc2cn(C)nc2c1=O)N1CCC(C)CC1. The van der Waals surface area contributed by atoms with Crippen LogP contribution in [-0.4, -0.2) is 37.3 Å². The molecule has 1 aromatic carbocycles. The minimum Gasteiger partial charge on any atom is -0.295 e. The van der Waals surface area contributed by atoms with Crippen LogP contribution in [0.1, 0.15) is 36.9 Å². The molecular formula is C21H27N5O. The number of aromatic nitrogens is 4. The number of aryl methyl sites for hydroxylation is 2. The highest BCUT2D eigenvalue weighted by molar-refractivity contribution is 5.71. The molecule has 2 aromatic heterocycles. The summed E-state index contributed by atoms with van der Waals surface area (Å²) in [5.41, 5.74) is 3.58. The van der Waals surface area contributed by atoms with Crippen molar-refractivity contribution >= 4 is 11.0 Å². The summed E-state index contributed by atoms with van der Waals surface area (Å²) in [5, 5.41) is 4.30. The molecule has 4 rings (SSSR count). The lowest BCUT2D eigenvalue weighted by Crippen LogP contribution is -2.39. The summed E-state index contributed by atoms with van der Waals surface area (Å²) in [6, 6.07) is 8.67. The molecule has 142 valence electrons. The lowest BCUT2D eigenvalue weighted by atomic mass is 9.94. The highest BCUT2D eigenvalue weighted by Crippen LogP contribution is 2.29. The van der Waals surface area contributed by atoms with Crippen molar-refractivity contribution < 1.29 is 0 Å². The fourth-order valence-electron chi connectivity index (χ4n) is 4.07. The van der Waals surface area contributed by atoms with Gasteiger partial charge in [0.15, 0.2) is 5.52 Å². The molecule has 0 radical (unpaired) electrons. The third-order valence-electron chi connectivity index (χ3n) is 5.79. The molecule has 3 aromatic rings. The van der Waals surface area contributed by atoms with Gasteiger partial charge in [0.05, 0.1) is 18.6 Å². The number of hydrogen-bond acceptors (Lipinski definition) is 4. The standard InChI is InChI=1S/C21H27N5O/c1-15-8-10-25(11-9-15)19(17-7-5-4-6-16(17)2)13-26-14-22-18-12-24(3)23-20(18)21(26)27/h4-7,12,14-15,19H,8-11,13H2,1-3H3/t19-/m1/s1. The van der Waals surface area contributed by atoms with Crippen molar-refractivity contribution in [2.24, 2.45) is 13.0 Å². The summed E-state index contributed by atoms with van der Waals surface area (Å²) in [4.78, 5) is 19.9. The maximum Gasteiger partial charge on any atom is 0.281 e. The van der Waals surface area contributed by atoms with Crippen LogP contribution in [0.5, 0.6) is 0 Å². The summed E-state index contributed by atoms with van der Waals surface area (Å²) in [5.74, 6) is 0.771. The van der Waals surface area contributed by atoms with Gasteiger partial charge in [0, 0.05) is 13.6 Å². The zero-order valence-electron chi connectivity index (χ0n) is 16.3. The van der Waals surface area contributed by atoms with E-state index in [1.807, 2.05) is 7.05 Å². The summed E-state index contributed by atoms with van der Waals surface area (Å²) in [6.07, 6.45) is 5.86. The number of piperidine rings is 1. The molecule has 1 aliphatic rings. The molecule has 6 heteroatoms. The Morgan fingerprint density at radius 1 is 1.22 bits per heavy atom. The van der Waals surface area contributed by atoms with E-state index in [1.54, 1.807) is 21.8 Å². The van der Waals surface area contributed by atoms with Gasteiger partial charge in [-0.25, -0.2) is 4.98 Å². The van der Waals surface area contributed by atoms with Crippen LogP contribution in [0, 0.1) is 12.8 Å². The third kappa shape index (κ3) is 3.54. The second kappa shape index (κ2) is 7.27. The Bertz CT molecular complexity index is 997. The first-order chi connectivity index (χ1) is 13.0. The van der Waals surface area contributed by atoms with E-state index < -0.39 is 0 Å². The lowest BCUT2D eigenvalue weighted by molar-refractivity contribution is 0.124. The number of fused-ring (bicyclic) bond motifs is 1. The predicted molar refractivity (Wildman–Crippen MR) is 107 cm³/mol. The van der Waals surface area contributed by atoms with Crippen molar-refractivity contribution in [3.8, 4) is 0 Å². The van der Waals surface area contributed by atoms with E-state index in [4.69, 9.17) is 0 Å². The molecule has 0 spiro atoms. The minimum absolute atomic E-state index is 0.0652. The third-order valence-corrected chi connectivity index (χ3v) is 5.79. The fraction of sp³-hybridized carbons (Fsp3) is 0.476. The van der Waals surface area contributed by atoms with Crippen LogP contribution in [0.15, 0.2) is 41.6 Å². The summed E-state index contributed by atoms with van der Waals surface area (Å²) < 4.78 is 3.37. The van der Waals surface area contributed by atoms with E-state index in [2.05, 4.69) is 53.1 Å². The van der Waals surface area contributed by atoms with E-state index in [-0.39, 0.29) is 11.6 Å². The molecular weight excluding hydrogens is 338 g/mol. The zero-order chi connectivity index (χ0) is 19.0. The van der Waals surface area contributed by atoms with Gasteiger partial charge >= 0.3 is 0 Å². The van der Waals surface area contributed by atoms with Crippen molar-refractivity contribution in [3.63, 3.8) is 0 Å². The maximum absolute atomic E-state index is 13.0. The van der Waals surface area contributed by atoms with E-state index in [9.17, 15) is 4.79 Å². The highest BCUT2D eigenvalue weighted by Gasteiger charge is 2.26. The monoisotopic (exact) mass is 365 g/mol. The molecule has 1 saturated heterocycles. The predicted octanol–water partition coefficient (Wildman–Crippen LogP) is 2.91. The molecule has 27 heavy (non-hydrogen) atoms. The van der Waals surface area contributed by atoms with Gasteiger partial charge in [-0.05, 0) is 49.9 Å². The lowest BCUT2D eigenvalue weighted by Gasteiger charge is -2.37. The maximum atomic E-state index is 13.0. The van der Waals surface area contributed by atoms with Crippen LogP contribution in [-0.2, 0) is 13.6 Å². The van der Waals surface area contributed by atoms with Crippen LogP contribution >= 0.6 is 0 Å². The van der Waals surface area contributed by atoms with Gasteiger partial charge in [0.25, 0.3) is 5.56 Å². The Labute approximate surface area is 159 Å². The van der Waals surface area contributed by atoms with Crippen LogP contribution < -0.4 is 5.56 Å². The topological polar surface area (TPSA) is 56.0 Å². The first-order valence-electron chi connectivity index (χ1n) is 9.71. The number of rotatable bonds is 4. The van der Waals surface area contributed by atoms with Gasteiger partial charge in [-0.2, -0.15) is 5.10 Å². The smallest absolute Gasteiger partial charge is 0.281 e. The molecule has 3 heterocycles. The van der Waals surface area contributed by atoms with Gasteiger partial charge in [-0.15, -0.1) is 0 Å². The number of likely N-dealkylation sites (tertiary alicyclic amines) is 1. The van der Waals surface area contributed by atoms with Gasteiger partial charge in [0.2, 0.25) is 0 Å². The quantitative estimate of drug-likeness (QED) is 0.713. The fourth-order valence-corrected chi connectivity index (χ4v) is 4.07. The second-order valence-corrected chi connectivity index (χ2v) is 7.83. The molecule has 0 bridgehead atoms. The Morgan fingerprint density at radius 3 is 2.70 bits per heavy atom. The Balaban J connectivity index is 1.72. The van der Waals surface area contributed by atoms with Crippen molar-refractivity contribution in [2.45, 2.75) is 39.3 Å². The van der Waals surface area contributed by atoms with Crippen molar-refractivity contribution in [1.82, 2.24) is 24.2 Å². The highest BCUT2D eigenvalue weighted by atomic mass is 16.1. The van der Waals surface area contributed by atoms with Crippen LogP contribution in [0.4, 0.5) is 0 Å². The summed E-state index contributed by atoms with van der Waals surface area (Å²) >= 11 is 0. The Kier molecular flexibility index (Phi) is 4.83. The second-order valence-electron chi connectivity index (χ2n) is 7.83. The molecule has 1 fully saturated rings. The first-order valence-corrected chi connectivity index (χ1v) is 9.71. The zero-order valence-corrected chi connectivity index (χ0v) is 16.3. The van der Waals surface area contributed by atoms with E-state index >= 15 is 0 Å². The van der Waals surface area contributed by atoms with Gasteiger partial charge < -0.3 is 0 Å². The van der Waals surface area contributed by atoms with Crippen LogP contribution in [0.3, 0.4) is 0 Å². The molecule has 0 aliphatic carbocycles. The van der Waals surface area contributed by atoms with Crippen LogP contribution in [0.25, 0.3) is 11.0 Å². The molecule has 0 saturated carbocycles. The Hall–Kier alpha value is -2.47. The molecule has 0 N–H and O–H groups in total. The number of benzene rings is 1. The van der Waals surface area contributed by atoms with Crippen LogP contribution in [0.2, 0.25) is 0 Å². The van der Waals surface area contributed by atoms with Crippen molar-refractivity contribution in [1.29, 1.82) is 0 Å². The normalized spacial score (nSPS) is 17.4. The summed E-state index contributed by atoms with van der Waals surface area (Å²) in [7, 11) is 1.82. The first kappa shape index (κ1) is 17.9. The average molecular weight is 365 g/mol.